The lowest BCUT2D eigenvalue weighted by Gasteiger charge is -2.07. The van der Waals surface area contributed by atoms with E-state index in [-0.39, 0.29) is 5.91 Å². The van der Waals surface area contributed by atoms with Gasteiger partial charge in [0.25, 0.3) is 5.91 Å². The van der Waals surface area contributed by atoms with Crippen LogP contribution in [0, 0.1) is 0 Å². The van der Waals surface area contributed by atoms with Crippen LogP contribution in [0.3, 0.4) is 0 Å². The first-order chi connectivity index (χ1) is 16.7. The summed E-state index contributed by atoms with van der Waals surface area (Å²) in [5.74, 6) is 0.507. The van der Waals surface area contributed by atoms with Crippen LogP contribution in [0.5, 0.6) is 5.75 Å². The summed E-state index contributed by atoms with van der Waals surface area (Å²) in [4.78, 5) is 24.6. The van der Waals surface area contributed by atoms with Gasteiger partial charge in [0.2, 0.25) is 0 Å². The van der Waals surface area contributed by atoms with Crippen molar-refractivity contribution in [1.82, 2.24) is 9.55 Å². The van der Waals surface area contributed by atoms with Crippen LogP contribution in [0.25, 0.3) is 31.7 Å². The number of carbonyl (C=O) groups is 1. The molecule has 0 spiro atoms. The lowest BCUT2D eigenvalue weighted by molar-refractivity contribution is 0.0999. The molecule has 0 saturated heterocycles. The molecule has 0 atom stereocenters. The molecule has 6 nitrogen and oxygen atoms in total. The molecule has 34 heavy (non-hydrogen) atoms. The Morgan fingerprint density at radius 2 is 2.00 bits per heavy atom. The monoisotopic (exact) mass is 489 g/mol. The Bertz CT molecular complexity index is 1530. The summed E-state index contributed by atoms with van der Waals surface area (Å²) in [5.41, 5.74) is 3.09. The van der Waals surface area contributed by atoms with Gasteiger partial charge in [0, 0.05) is 19.0 Å². The first-order valence-electron chi connectivity index (χ1n) is 11.0. The molecule has 172 valence electrons. The minimum atomic E-state index is -0.292. The highest BCUT2D eigenvalue weighted by Gasteiger charge is 2.15. The second-order valence-corrected chi connectivity index (χ2v) is 9.51. The van der Waals surface area contributed by atoms with Crippen LogP contribution in [-0.2, 0) is 11.3 Å². The van der Waals surface area contributed by atoms with E-state index >= 15 is 0 Å². The number of benzene rings is 2. The van der Waals surface area contributed by atoms with Crippen molar-refractivity contribution in [3.8, 4) is 16.3 Å². The number of amides is 1. The van der Waals surface area contributed by atoms with Gasteiger partial charge in [0.15, 0.2) is 4.80 Å². The lowest BCUT2D eigenvalue weighted by Crippen LogP contribution is -2.19. The number of para-hydroxylation sites is 1. The topological polar surface area (TPSA) is 65.7 Å². The Morgan fingerprint density at radius 3 is 2.79 bits per heavy atom. The van der Waals surface area contributed by atoms with E-state index in [1.54, 1.807) is 18.4 Å². The minimum Gasteiger partial charge on any atom is -0.494 e. The lowest BCUT2D eigenvalue weighted by atomic mass is 10.1. The third-order valence-corrected chi connectivity index (χ3v) is 7.34. The standard InChI is InChI=1S/C26H23N3O3S2/c1-3-32-17-10-11-22-24(15-17)34-26(29(22)12-13-31-2)28-25(30)19-16-21(23-9-6-14-33-23)27-20-8-5-4-7-18(19)20/h4-11,14-16H,3,12-13H2,1-2H3. The SMILES string of the molecule is CCOc1ccc2c(c1)sc(=NC(=O)c1cc(-c3cccs3)nc3ccccc13)n2CCOC. The first-order valence-corrected chi connectivity index (χ1v) is 12.7. The van der Waals surface area contributed by atoms with Gasteiger partial charge in [0.1, 0.15) is 5.75 Å². The number of hydrogen-bond donors (Lipinski definition) is 0. The largest absolute Gasteiger partial charge is 0.494 e. The Kier molecular flexibility index (Phi) is 6.53. The van der Waals surface area contributed by atoms with Gasteiger partial charge >= 0.3 is 0 Å². The van der Waals surface area contributed by atoms with Gasteiger partial charge in [-0.25, -0.2) is 4.98 Å². The fourth-order valence-corrected chi connectivity index (χ4v) is 5.61. The fourth-order valence-electron chi connectivity index (χ4n) is 3.84. The molecule has 0 saturated carbocycles. The van der Waals surface area contributed by atoms with Crippen molar-refractivity contribution in [2.75, 3.05) is 20.3 Å². The van der Waals surface area contributed by atoms with E-state index in [4.69, 9.17) is 14.5 Å². The van der Waals surface area contributed by atoms with Gasteiger partial charge < -0.3 is 14.0 Å². The van der Waals surface area contributed by atoms with E-state index in [0.717, 1.165) is 37.4 Å². The third kappa shape index (κ3) is 4.40. The number of nitrogens with zero attached hydrogens (tertiary/aromatic N) is 3. The van der Waals surface area contributed by atoms with Gasteiger partial charge in [-0.1, -0.05) is 35.6 Å². The van der Waals surface area contributed by atoms with Crippen LogP contribution in [0.4, 0.5) is 0 Å². The molecule has 0 radical (unpaired) electrons. The maximum Gasteiger partial charge on any atom is 0.280 e. The van der Waals surface area contributed by atoms with E-state index < -0.39 is 0 Å². The molecule has 8 heteroatoms. The molecule has 0 unspecified atom stereocenters. The van der Waals surface area contributed by atoms with Crippen LogP contribution >= 0.6 is 22.7 Å². The molecule has 2 aromatic carbocycles. The van der Waals surface area contributed by atoms with E-state index in [1.165, 1.54) is 11.3 Å². The van der Waals surface area contributed by atoms with Gasteiger partial charge in [-0.3, -0.25) is 4.79 Å². The maximum atomic E-state index is 13.6. The average Bonchev–Trinajstić information content (AvgIpc) is 3.50. The minimum absolute atomic E-state index is 0.292. The molecule has 5 aromatic rings. The molecular formula is C26H23N3O3S2. The molecule has 1 amide bonds. The summed E-state index contributed by atoms with van der Waals surface area (Å²) < 4.78 is 14.0. The van der Waals surface area contributed by atoms with E-state index in [9.17, 15) is 4.79 Å². The first kappa shape index (κ1) is 22.5. The number of fused-ring (bicyclic) bond motifs is 2. The van der Waals surface area contributed by atoms with E-state index in [2.05, 4.69) is 4.99 Å². The molecular weight excluding hydrogens is 466 g/mol. The van der Waals surface area contributed by atoms with Crippen molar-refractivity contribution < 1.29 is 14.3 Å². The summed E-state index contributed by atoms with van der Waals surface area (Å²) in [7, 11) is 1.67. The highest BCUT2D eigenvalue weighted by molar-refractivity contribution is 7.16. The van der Waals surface area contributed by atoms with Crippen molar-refractivity contribution in [2.45, 2.75) is 13.5 Å². The van der Waals surface area contributed by atoms with Crippen LogP contribution in [0.2, 0.25) is 0 Å². The molecule has 3 aromatic heterocycles. The molecule has 3 heterocycles. The third-order valence-electron chi connectivity index (χ3n) is 5.40. The molecule has 0 bridgehead atoms. The van der Waals surface area contributed by atoms with Gasteiger partial charge in [0.05, 0.1) is 45.1 Å². The summed E-state index contributed by atoms with van der Waals surface area (Å²) >= 11 is 3.07. The number of ether oxygens (including phenoxy) is 2. The van der Waals surface area contributed by atoms with Crippen LogP contribution in [-0.4, -0.2) is 35.8 Å². The van der Waals surface area contributed by atoms with Crippen LogP contribution in [0.15, 0.2) is 71.0 Å². The van der Waals surface area contributed by atoms with Crippen molar-refractivity contribution in [3.63, 3.8) is 0 Å². The number of thiophene rings is 1. The number of methoxy groups -OCH3 is 1. The molecule has 0 aliphatic rings. The maximum absolute atomic E-state index is 13.6. The summed E-state index contributed by atoms with van der Waals surface area (Å²) in [6.07, 6.45) is 0. The quantitative estimate of drug-likeness (QED) is 0.291. The van der Waals surface area contributed by atoms with Crippen molar-refractivity contribution in [2.24, 2.45) is 4.99 Å². The summed E-state index contributed by atoms with van der Waals surface area (Å²) in [6, 6.07) is 19.5. The zero-order valence-electron chi connectivity index (χ0n) is 18.9. The Hall–Kier alpha value is -3.33. The number of thiazole rings is 1. The Balaban J connectivity index is 1.66. The van der Waals surface area contributed by atoms with E-state index in [0.29, 0.717) is 30.1 Å². The number of hydrogen-bond acceptors (Lipinski definition) is 6. The fraction of sp³-hybridized carbons (Fsp3) is 0.192. The normalized spacial score (nSPS) is 12.0. The van der Waals surface area contributed by atoms with Crippen LogP contribution < -0.4 is 9.54 Å². The second-order valence-electron chi connectivity index (χ2n) is 7.56. The number of rotatable bonds is 7. The number of aromatic nitrogens is 2. The molecule has 0 aliphatic heterocycles. The zero-order chi connectivity index (χ0) is 23.5. The number of pyridine rings is 1. The second kappa shape index (κ2) is 9.89. The molecule has 0 aliphatic carbocycles. The summed E-state index contributed by atoms with van der Waals surface area (Å²) in [6.45, 7) is 3.66. The number of carbonyl (C=O) groups excluding carboxylic acids is 1. The van der Waals surface area contributed by atoms with Gasteiger partial charge in [-0.05, 0) is 48.7 Å². The van der Waals surface area contributed by atoms with Crippen molar-refractivity contribution in [3.05, 3.63) is 76.4 Å². The highest BCUT2D eigenvalue weighted by atomic mass is 32.1. The predicted molar refractivity (Wildman–Crippen MR) is 138 cm³/mol. The average molecular weight is 490 g/mol. The summed E-state index contributed by atoms with van der Waals surface area (Å²) in [5, 5.41) is 2.80. The van der Waals surface area contributed by atoms with Gasteiger partial charge in [-0.2, -0.15) is 4.99 Å². The Labute approximate surface area is 204 Å². The smallest absolute Gasteiger partial charge is 0.280 e. The zero-order valence-corrected chi connectivity index (χ0v) is 20.5. The van der Waals surface area contributed by atoms with Crippen LogP contribution in [0.1, 0.15) is 17.3 Å². The molecule has 5 rings (SSSR count). The Morgan fingerprint density at radius 1 is 1.12 bits per heavy atom. The highest BCUT2D eigenvalue weighted by Crippen LogP contribution is 2.28. The van der Waals surface area contributed by atoms with Crippen molar-refractivity contribution in [1.29, 1.82) is 0 Å². The molecule has 0 N–H and O–H groups in total. The van der Waals surface area contributed by atoms with E-state index in [1.807, 2.05) is 77.5 Å². The van der Waals surface area contributed by atoms with Gasteiger partial charge in [-0.15, -0.1) is 11.3 Å². The predicted octanol–water partition coefficient (Wildman–Crippen LogP) is 5.77. The van der Waals surface area contributed by atoms with Crippen molar-refractivity contribution >= 4 is 49.7 Å². The molecule has 0 fully saturated rings.